The average Bonchev–Trinajstić information content (AvgIpc) is 3.10. The van der Waals surface area contributed by atoms with Gasteiger partial charge in [-0.15, -0.1) is 0 Å². The molecular formula is C23H26Cl3N3O2. The van der Waals surface area contributed by atoms with Crippen molar-refractivity contribution in [2.45, 2.75) is 31.7 Å². The summed E-state index contributed by atoms with van der Waals surface area (Å²) in [4.78, 5) is 12.6. The van der Waals surface area contributed by atoms with Crippen molar-refractivity contribution < 1.29 is 9.90 Å². The number of rotatable bonds is 3. The molecule has 8 heteroatoms. The van der Waals surface area contributed by atoms with Gasteiger partial charge in [-0.1, -0.05) is 59.8 Å². The lowest BCUT2D eigenvalue weighted by molar-refractivity contribution is -0.143. The standard InChI is InChI=1S/C16H13Cl3N2.C7H13NO2/c1-21-9-20-15(13-7-6-12(18)8-14(13)19)16(21)10-2-4-11(17)5-3-10;8-6-4-2-1-3-5(6)7(9)10/h2-8,20H,9H2,1H3;5-6H,1-4,8H2,(H,9,10). The number of carboxylic acids is 1. The van der Waals surface area contributed by atoms with Gasteiger partial charge in [0.25, 0.3) is 0 Å². The number of nitrogens with one attached hydrogen (secondary N) is 1. The Balaban J connectivity index is 0.000000229. The average molecular weight is 483 g/mol. The summed E-state index contributed by atoms with van der Waals surface area (Å²) in [6.07, 6.45) is 3.74. The van der Waals surface area contributed by atoms with Gasteiger partial charge in [-0.05, 0) is 43.2 Å². The zero-order valence-corrected chi connectivity index (χ0v) is 19.5. The minimum Gasteiger partial charge on any atom is -0.481 e. The van der Waals surface area contributed by atoms with Crippen LogP contribution >= 0.6 is 34.8 Å². The van der Waals surface area contributed by atoms with Crippen LogP contribution < -0.4 is 11.1 Å². The number of carboxylic acid groups (broad SMARTS) is 1. The highest BCUT2D eigenvalue weighted by atomic mass is 35.5. The van der Waals surface area contributed by atoms with Crippen LogP contribution in [0.25, 0.3) is 11.4 Å². The topological polar surface area (TPSA) is 78.6 Å². The van der Waals surface area contributed by atoms with Gasteiger partial charge in [0.1, 0.15) is 0 Å². The Labute approximate surface area is 197 Å². The van der Waals surface area contributed by atoms with Gasteiger partial charge in [0.15, 0.2) is 0 Å². The van der Waals surface area contributed by atoms with Crippen LogP contribution in [-0.2, 0) is 4.79 Å². The lowest BCUT2D eigenvalue weighted by Gasteiger charge is -2.24. The van der Waals surface area contributed by atoms with Crippen molar-refractivity contribution in [2.24, 2.45) is 11.7 Å². The van der Waals surface area contributed by atoms with Crippen LogP contribution in [-0.4, -0.2) is 35.7 Å². The van der Waals surface area contributed by atoms with E-state index in [1.165, 1.54) is 0 Å². The fourth-order valence-corrected chi connectivity index (χ4v) is 4.53. The first kappa shape index (κ1) is 23.7. The van der Waals surface area contributed by atoms with E-state index in [1.807, 2.05) is 43.4 Å². The zero-order valence-electron chi connectivity index (χ0n) is 17.2. The van der Waals surface area contributed by atoms with Crippen LogP contribution in [0.5, 0.6) is 0 Å². The van der Waals surface area contributed by atoms with Crippen molar-refractivity contribution in [1.29, 1.82) is 0 Å². The highest BCUT2D eigenvalue weighted by molar-refractivity contribution is 6.36. The molecule has 0 aromatic heterocycles. The Kier molecular flexibility index (Phi) is 8.11. The minimum absolute atomic E-state index is 0.105. The predicted octanol–water partition coefficient (Wildman–Crippen LogP) is 5.55. The predicted molar refractivity (Wildman–Crippen MR) is 128 cm³/mol. The van der Waals surface area contributed by atoms with Crippen molar-refractivity contribution in [2.75, 3.05) is 13.7 Å². The van der Waals surface area contributed by atoms with E-state index in [0.717, 1.165) is 59.9 Å². The van der Waals surface area contributed by atoms with Gasteiger partial charge in [-0.2, -0.15) is 0 Å². The highest BCUT2D eigenvalue weighted by Gasteiger charge is 2.27. The number of halogens is 3. The molecule has 31 heavy (non-hydrogen) atoms. The van der Waals surface area contributed by atoms with Gasteiger partial charge in [-0.3, -0.25) is 4.79 Å². The maximum absolute atomic E-state index is 10.5. The first-order chi connectivity index (χ1) is 14.8. The van der Waals surface area contributed by atoms with Crippen LogP contribution in [0.3, 0.4) is 0 Å². The molecule has 1 heterocycles. The summed E-state index contributed by atoms with van der Waals surface area (Å²) in [6.45, 7) is 0.728. The van der Waals surface area contributed by atoms with E-state index >= 15 is 0 Å². The molecule has 0 amide bonds. The number of carbonyl (C=O) groups is 1. The summed E-state index contributed by atoms with van der Waals surface area (Å²) < 4.78 is 0. The summed E-state index contributed by atoms with van der Waals surface area (Å²) >= 11 is 18.3. The molecule has 1 aliphatic heterocycles. The monoisotopic (exact) mass is 481 g/mol. The third-order valence-electron chi connectivity index (χ3n) is 5.57. The van der Waals surface area contributed by atoms with E-state index < -0.39 is 5.97 Å². The van der Waals surface area contributed by atoms with Crippen LogP contribution in [0.2, 0.25) is 15.1 Å². The Morgan fingerprint density at radius 1 is 1.06 bits per heavy atom. The second-order valence-electron chi connectivity index (χ2n) is 7.78. The maximum Gasteiger partial charge on any atom is 0.308 e. The van der Waals surface area contributed by atoms with Gasteiger partial charge >= 0.3 is 5.97 Å². The van der Waals surface area contributed by atoms with E-state index in [1.54, 1.807) is 6.07 Å². The summed E-state index contributed by atoms with van der Waals surface area (Å²) in [5, 5.41) is 14.0. The normalized spacial score (nSPS) is 20.7. The smallest absolute Gasteiger partial charge is 0.308 e. The van der Waals surface area contributed by atoms with Crippen molar-refractivity contribution >= 4 is 52.2 Å². The van der Waals surface area contributed by atoms with E-state index in [0.29, 0.717) is 10.0 Å². The van der Waals surface area contributed by atoms with Crippen molar-refractivity contribution in [3.05, 3.63) is 68.7 Å². The molecule has 166 valence electrons. The Bertz CT molecular complexity index is 963. The Hall–Kier alpha value is -1.92. The van der Waals surface area contributed by atoms with E-state index in [-0.39, 0.29) is 12.0 Å². The Morgan fingerprint density at radius 2 is 1.71 bits per heavy atom. The molecule has 0 saturated heterocycles. The number of hydrogen-bond donors (Lipinski definition) is 3. The third kappa shape index (κ3) is 5.86. The van der Waals surface area contributed by atoms with E-state index in [9.17, 15) is 4.79 Å². The van der Waals surface area contributed by atoms with Crippen molar-refractivity contribution in [1.82, 2.24) is 10.2 Å². The van der Waals surface area contributed by atoms with Gasteiger partial charge in [0.05, 0.1) is 29.0 Å². The number of nitrogens with two attached hydrogens (primary N) is 1. The van der Waals surface area contributed by atoms with Gasteiger partial charge < -0.3 is 21.1 Å². The number of aliphatic carboxylic acids is 1. The SMILES string of the molecule is CN1CNC(c2ccc(Cl)cc2Cl)=C1c1ccc(Cl)cc1.NC1CCCCC1C(=O)O. The van der Waals surface area contributed by atoms with Crippen molar-refractivity contribution in [3.63, 3.8) is 0 Å². The fraction of sp³-hybridized carbons (Fsp3) is 0.348. The molecule has 5 nitrogen and oxygen atoms in total. The van der Waals surface area contributed by atoms with Gasteiger partial charge in [0.2, 0.25) is 0 Å². The first-order valence-electron chi connectivity index (χ1n) is 10.2. The molecule has 1 saturated carbocycles. The third-order valence-corrected chi connectivity index (χ3v) is 6.37. The number of benzene rings is 2. The van der Waals surface area contributed by atoms with Crippen LogP contribution in [0.15, 0.2) is 42.5 Å². The van der Waals surface area contributed by atoms with Crippen molar-refractivity contribution in [3.8, 4) is 0 Å². The summed E-state index contributed by atoms with van der Waals surface area (Å²) in [6, 6.07) is 13.2. The van der Waals surface area contributed by atoms with E-state index in [4.69, 9.17) is 45.6 Å². The number of nitrogens with zero attached hydrogens (tertiary/aromatic N) is 1. The molecule has 1 fully saturated rings. The van der Waals surface area contributed by atoms with Gasteiger partial charge in [-0.25, -0.2) is 0 Å². The molecule has 0 bridgehead atoms. The van der Waals surface area contributed by atoms with Gasteiger partial charge in [0, 0.05) is 34.3 Å². The first-order valence-corrected chi connectivity index (χ1v) is 11.3. The second kappa shape index (κ2) is 10.6. The Morgan fingerprint density at radius 3 is 2.29 bits per heavy atom. The second-order valence-corrected chi connectivity index (χ2v) is 9.06. The maximum atomic E-state index is 10.5. The molecule has 4 N–H and O–H groups in total. The fourth-order valence-electron chi connectivity index (χ4n) is 3.90. The van der Waals surface area contributed by atoms with Crippen LogP contribution in [0, 0.1) is 5.92 Å². The van der Waals surface area contributed by atoms with E-state index in [2.05, 4.69) is 10.2 Å². The molecule has 2 aliphatic rings. The van der Waals surface area contributed by atoms with Crippen LogP contribution in [0.1, 0.15) is 36.8 Å². The molecule has 0 radical (unpaired) electrons. The molecule has 2 aromatic rings. The molecule has 4 rings (SSSR count). The summed E-state index contributed by atoms with van der Waals surface area (Å²) in [5.41, 5.74) is 9.72. The molecular weight excluding hydrogens is 457 g/mol. The lowest BCUT2D eigenvalue weighted by atomic mass is 9.85. The highest BCUT2D eigenvalue weighted by Crippen LogP contribution is 2.35. The summed E-state index contributed by atoms with van der Waals surface area (Å²) in [5.74, 6) is -1.01. The quantitative estimate of drug-likeness (QED) is 0.534. The van der Waals surface area contributed by atoms with Crippen LogP contribution in [0.4, 0.5) is 0 Å². The zero-order chi connectivity index (χ0) is 22.5. The lowest BCUT2D eigenvalue weighted by Crippen LogP contribution is -2.37. The number of hydrogen-bond acceptors (Lipinski definition) is 4. The molecule has 2 aromatic carbocycles. The molecule has 0 spiro atoms. The molecule has 2 atom stereocenters. The largest absolute Gasteiger partial charge is 0.481 e. The molecule has 1 aliphatic carbocycles. The molecule has 2 unspecified atom stereocenters. The minimum atomic E-state index is -0.729. The summed E-state index contributed by atoms with van der Waals surface area (Å²) in [7, 11) is 2.04.